The Morgan fingerprint density at radius 1 is 0.885 bits per heavy atom. The number of benzene rings is 3. The van der Waals surface area contributed by atoms with Crippen LogP contribution in [0.4, 0.5) is 5.69 Å². The Labute approximate surface area is 157 Å². The number of para-hydroxylation sites is 1. The van der Waals surface area contributed by atoms with Crippen molar-refractivity contribution in [1.82, 2.24) is 0 Å². The van der Waals surface area contributed by atoms with Gasteiger partial charge in [0.05, 0.1) is 17.4 Å². The maximum Gasteiger partial charge on any atom is 0.152 e. The molecule has 0 aliphatic carbocycles. The third kappa shape index (κ3) is 3.39. The molecule has 2 unspecified atom stereocenters. The predicted octanol–water partition coefficient (Wildman–Crippen LogP) is 4.78. The van der Waals surface area contributed by atoms with Gasteiger partial charge in [-0.1, -0.05) is 60.7 Å². The highest BCUT2D eigenvalue weighted by molar-refractivity contribution is 7.90. The number of hydrazone groups is 1. The molecule has 0 amide bonds. The summed E-state index contributed by atoms with van der Waals surface area (Å²) in [7, 11) is 0. The Kier molecular flexibility index (Phi) is 4.78. The summed E-state index contributed by atoms with van der Waals surface area (Å²) in [4.78, 5) is 0.849. The Bertz CT molecular complexity index is 892. The van der Waals surface area contributed by atoms with Crippen molar-refractivity contribution < 1.29 is 4.55 Å². The molecule has 4 rings (SSSR count). The van der Waals surface area contributed by atoms with Crippen molar-refractivity contribution in [1.29, 1.82) is 0 Å². The van der Waals surface area contributed by atoms with Crippen LogP contribution in [0.15, 0.2) is 94.9 Å². The van der Waals surface area contributed by atoms with Gasteiger partial charge >= 0.3 is 0 Å². The quantitative estimate of drug-likeness (QED) is 0.628. The second-order valence-electron chi connectivity index (χ2n) is 6.34. The van der Waals surface area contributed by atoms with Crippen LogP contribution in [0.1, 0.15) is 23.6 Å². The molecule has 3 aromatic rings. The fourth-order valence-electron chi connectivity index (χ4n) is 3.28. The molecular weight excluding hydrogens is 340 g/mol. The summed E-state index contributed by atoms with van der Waals surface area (Å²) in [5.41, 5.74) is 4.49. The molecule has 0 fully saturated rings. The lowest BCUT2D eigenvalue weighted by molar-refractivity contribution is 0.600. The van der Waals surface area contributed by atoms with Crippen molar-refractivity contribution in [3.8, 4) is 0 Å². The lowest BCUT2D eigenvalue weighted by Gasteiger charge is -2.24. The fourth-order valence-corrected chi connectivity index (χ4v) is 3.79. The number of hydrogen-bond donors (Lipinski definition) is 0. The Morgan fingerprint density at radius 3 is 2.12 bits per heavy atom. The maximum atomic E-state index is 11.7. The van der Waals surface area contributed by atoms with Crippen molar-refractivity contribution in [3.63, 3.8) is 0 Å². The number of rotatable bonds is 4. The highest BCUT2D eigenvalue weighted by Gasteiger charge is 2.29. The van der Waals surface area contributed by atoms with Gasteiger partial charge in [-0.2, -0.15) is 5.10 Å². The normalized spacial score (nSPS) is 17.8. The van der Waals surface area contributed by atoms with E-state index in [4.69, 9.17) is 5.10 Å². The van der Waals surface area contributed by atoms with Crippen molar-refractivity contribution in [2.45, 2.75) is 17.4 Å². The largest absolute Gasteiger partial charge is 0.612 e. The number of nitrogens with zero attached hydrogens (tertiary/aromatic N) is 2. The smallest absolute Gasteiger partial charge is 0.152 e. The van der Waals surface area contributed by atoms with Crippen LogP contribution in [0.2, 0.25) is 0 Å². The summed E-state index contributed by atoms with van der Waals surface area (Å²) in [6, 6.07) is 28.8. The second-order valence-corrected chi connectivity index (χ2v) is 7.72. The fraction of sp³-hybridized carbons (Fsp3) is 0.136. The third-order valence-corrected chi connectivity index (χ3v) is 5.57. The van der Waals surface area contributed by atoms with Gasteiger partial charge in [0.15, 0.2) is 4.90 Å². The van der Waals surface area contributed by atoms with Crippen LogP contribution in [-0.2, 0) is 11.2 Å². The highest BCUT2D eigenvalue weighted by Crippen LogP contribution is 2.36. The Balaban J connectivity index is 1.71. The SMILES string of the molecule is C[S+]([O-])c1ccc(C2CC(c3ccccc3)=NN2c2ccccc2)cc1. The lowest BCUT2D eigenvalue weighted by Crippen LogP contribution is -2.18. The molecule has 130 valence electrons. The molecule has 1 aliphatic heterocycles. The zero-order chi connectivity index (χ0) is 17.9. The van der Waals surface area contributed by atoms with Crippen molar-refractivity contribution in [2.75, 3.05) is 11.3 Å². The van der Waals surface area contributed by atoms with E-state index >= 15 is 0 Å². The first-order valence-corrected chi connectivity index (χ1v) is 10.2. The Morgan fingerprint density at radius 2 is 1.50 bits per heavy atom. The highest BCUT2D eigenvalue weighted by atomic mass is 32.2. The summed E-state index contributed by atoms with van der Waals surface area (Å²) >= 11 is -0.962. The zero-order valence-electron chi connectivity index (χ0n) is 14.6. The first-order chi connectivity index (χ1) is 12.7. The molecule has 0 N–H and O–H groups in total. The van der Waals surface area contributed by atoms with Gasteiger partial charge in [0, 0.05) is 6.42 Å². The molecule has 1 heterocycles. The first-order valence-electron chi connectivity index (χ1n) is 8.63. The summed E-state index contributed by atoms with van der Waals surface area (Å²) < 4.78 is 11.7. The second kappa shape index (κ2) is 7.36. The van der Waals surface area contributed by atoms with Crippen LogP contribution in [0.5, 0.6) is 0 Å². The maximum absolute atomic E-state index is 11.7. The van der Waals surface area contributed by atoms with Crippen molar-refractivity contribution in [2.24, 2.45) is 5.10 Å². The van der Waals surface area contributed by atoms with Crippen LogP contribution in [0.3, 0.4) is 0 Å². The van der Waals surface area contributed by atoms with Gasteiger partial charge in [-0.15, -0.1) is 0 Å². The molecule has 4 heteroatoms. The average Bonchev–Trinajstić information content (AvgIpc) is 3.15. The van der Waals surface area contributed by atoms with Crippen LogP contribution in [0, 0.1) is 0 Å². The van der Waals surface area contributed by atoms with Gasteiger partial charge in [-0.25, -0.2) is 0 Å². The van der Waals surface area contributed by atoms with E-state index in [0.717, 1.165) is 28.3 Å². The van der Waals surface area contributed by atoms with E-state index in [1.165, 1.54) is 5.56 Å². The molecule has 1 aliphatic rings. The molecule has 0 bridgehead atoms. The number of anilines is 1. The molecule has 3 aromatic carbocycles. The molecule has 0 saturated heterocycles. The topological polar surface area (TPSA) is 38.7 Å². The molecule has 0 saturated carbocycles. The summed E-state index contributed by atoms with van der Waals surface area (Å²) in [6.45, 7) is 0. The minimum Gasteiger partial charge on any atom is -0.612 e. The minimum atomic E-state index is -0.962. The molecule has 2 atom stereocenters. The summed E-state index contributed by atoms with van der Waals surface area (Å²) in [5, 5.41) is 7.03. The monoisotopic (exact) mass is 360 g/mol. The zero-order valence-corrected chi connectivity index (χ0v) is 15.4. The number of hydrogen-bond acceptors (Lipinski definition) is 3. The molecule has 26 heavy (non-hydrogen) atoms. The average molecular weight is 360 g/mol. The van der Waals surface area contributed by atoms with E-state index in [1.54, 1.807) is 6.26 Å². The van der Waals surface area contributed by atoms with Crippen LogP contribution >= 0.6 is 0 Å². The first kappa shape index (κ1) is 16.9. The molecular formula is C22H20N2OS. The van der Waals surface area contributed by atoms with Gasteiger partial charge in [0.25, 0.3) is 0 Å². The van der Waals surface area contributed by atoms with Crippen LogP contribution < -0.4 is 5.01 Å². The van der Waals surface area contributed by atoms with E-state index < -0.39 is 11.2 Å². The van der Waals surface area contributed by atoms with E-state index in [1.807, 2.05) is 48.5 Å². The van der Waals surface area contributed by atoms with Gasteiger partial charge in [-0.3, -0.25) is 5.01 Å². The Hall–Kier alpha value is -2.56. The molecule has 3 nitrogen and oxygen atoms in total. The van der Waals surface area contributed by atoms with E-state index in [0.29, 0.717) is 0 Å². The molecule has 0 aromatic heterocycles. The van der Waals surface area contributed by atoms with E-state index in [2.05, 4.69) is 41.4 Å². The van der Waals surface area contributed by atoms with E-state index in [-0.39, 0.29) is 6.04 Å². The van der Waals surface area contributed by atoms with Gasteiger partial charge in [-0.05, 0) is 46.6 Å². The minimum absolute atomic E-state index is 0.131. The van der Waals surface area contributed by atoms with Gasteiger partial charge in [0.1, 0.15) is 6.26 Å². The van der Waals surface area contributed by atoms with E-state index in [9.17, 15) is 4.55 Å². The standard InChI is InChI=1S/C22H20N2OS/c1-26(25)20-14-12-18(13-15-20)22-16-21(17-8-4-2-5-9-17)23-24(22)19-10-6-3-7-11-19/h2-15,22H,16H2,1H3. The van der Waals surface area contributed by atoms with Gasteiger partial charge < -0.3 is 4.55 Å². The molecule has 0 radical (unpaired) electrons. The predicted molar refractivity (Wildman–Crippen MR) is 108 cm³/mol. The van der Waals surface area contributed by atoms with Gasteiger partial charge in [0.2, 0.25) is 0 Å². The van der Waals surface area contributed by atoms with Crippen LogP contribution in [0.25, 0.3) is 0 Å². The van der Waals surface area contributed by atoms with Crippen molar-refractivity contribution in [3.05, 3.63) is 96.1 Å². The third-order valence-electron chi connectivity index (χ3n) is 4.63. The summed E-state index contributed by atoms with van der Waals surface area (Å²) in [6.07, 6.45) is 2.55. The lowest BCUT2D eigenvalue weighted by atomic mass is 9.98. The summed E-state index contributed by atoms with van der Waals surface area (Å²) in [5.74, 6) is 0. The van der Waals surface area contributed by atoms with Crippen molar-refractivity contribution >= 4 is 22.6 Å². The molecule has 0 spiro atoms. The van der Waals surface area contributed by atoms with Crippen LogP contribution in [-0.4, -0.2) is 16.5 Å².